The minimum atomic E-state index is -0.386. The quantitative estimate of drug-likeness (QED) is 0.905. The zero-order chi connectivity index (χ0) is 19.1. The van der Waals surface area contributed by atoms with Gasteiger partial charge in [0.1, 0.15) is 0 Å². The Bertz CT molecular complexity index is 915. The van der Waals surface area contributed by atoms with E-state index in [1.54, 1.807) is 23.1 Å². The molecule has 0 saturated carbocycles. The van der Waals surface area contributed by atoms with Crippen LogP contribution in [0.5, 0.6) is 11.5 Å². The second-order valence-corrected chi connectivity index (χ2v) is 7.21. The fourth-order valence-corrected chi connectivity index (χ4v) is 3.92. The third kappa shape index (κ3) is 3.23. The van der Waals surface area contributed by atoms with Gasteiger partial charge in [-0.15, -0.1) is 0 Å². The normalized spacial score (nSPS) is 18.1. The average Bonchev–Trinajstić information content (AvgIpc) is 3.20. The Balaban J connectivity index is 1.50. The van der Waals surface area contributed by atoms with E-state index in [2.05, 4.69) is 17.4 Å². The van der Waals surface area contributed by atoms with Crippen molar-refractivity contribution in [1.29, 1.82) is 0 Å². The van der Waals surface area contributed by atoms with E-state index in [4.69, 9.17) is 9.47 Å². The van der Waals surface area contributed by atoms with Gasteiger partial charge in [-0.05, 0) is 44.0 Å². The van der Waals surface area contributed by atoms with Gasteiger partial charge in [0.05, 0.1) is 5.92 Å². The molecule has 6 nitrogen and oxygen atoms in total. The fraction of sp³-hybridized carbons (Fsp3) is 0.333. The first kappa shape index (κ1) is 17.4. The first-order valence-corrected chi connectivity index (χ1v) is 9.01. The minimum Gasteiger partial charge on any atom is -0.454 e. The predicted molar refractivity (Wildman–Crippen MR) is 102 cm³/mol. The molecule has 27 heavy (non-hydrogen) atoms. The Kier molecular flexibility index (Phi) is 4.26. The molecular formula is C21H22N2O4. The molecule has 0 spiro atoms. The summed E-state index contributed by atoms with van der Waals surface area (Å²) in [4.78, 5) is 27.0. The number of benzene rings is 2. The van der Waals surface area contributed by atoms with E-state index in [9.17, 15) is 9.59 Å². The molecule has 1 N–H and O–H groups in total. The molecule has 1 fully saturated rings. The summed E-state index contributed by atoms with van der Waals surface area (Å²) < 4.78 is 10.6. The van der Waals surface area contributed by atoms with Gasteiger partial charge in [-0.3, -0.25) is 9.59 Å². The molecule has 2 aromatic rings. The van der Waals surface area contributed by atoms with Crippen LogP contribution < -0.4 is 19.7 Å². The summed E-state index contributed by atoms with van der Waals surface area (Å²) in [6.07, 6.45) is 0.211. The van der Waals surface area contributed by atoms with Gasteiger partial charge < -0.3 is 19.7 Å². The molecule has 1 unspecified atom stereocenters. The van der Waals surface area contributed by atoms with Crippen LogP contribution in [-0.2, 0) is 9.59 Å². The molecule has 4 rings (SSSR count). The van der Waals surface area contributed by atoms with Crippen LogP contribution >= 0.6 is 0 Å². The van der Waals surface area contributed by atoms with Gasteiger partial charge in [-0.25, -0.2) is 0 Å². The molecule has 0 aliphatic carbocycles. The molecule has 2 aliphatic heterocycles. The fourth-order valence-electron chi connectivity index (χ4n) is 3.92. The number of hydrogen-bond acceptors (Lipinski definition) is 4. The Morgan fingerprint density at radius 3 is 2.52 bits per heavy atom. The lowest BCUT2D eigenvalue weighted by atomic mass is 10.0. The van der Waals surface area contributed by atoms with Crippen LogP contribution in [-0.4, -0.2) is 25.2 Å². The van der Waals surface area contributed by atoms with Crippen LogP contribution in [0, 0.1) is 26.7 Å². The Hall–Kier alpha value is -3.02. The molecule has 2 aromatic carbocycles. The number of rotatable bonds is 3. The van der Waals surface area contributed by atoms with Gasteiger partial charge >= 0.3 is 0 Å². The van der Waals surface area contributed by atoms with Crippen molar-refractivity contribution < 1.29 is 19.1 Å². The van der Waals surface area contributed by atoms with E-state index in [1.165, 1.54) is 0 Å². The molecule has 6 heteroatoms. The van der Waals surface area contributed by atoms with Crippen LogP contribution in [0.4, 0.5) is 11.4 Å². The smallest absolute Gasteiger partial charge is 0.231 e. The van der Waals surface area contributed by atoms with Crippen LogP contribution in [0.3, 0.4) is 0 Å². The molecule has 1 saturated heterocycles. The summed E-state index contributed by atoms with van der Waals surface area (Å²) in [6, 6.07) is 9.41. The predicted octanol–water partition coefficient (Wildman–Crippen LogP) is 3.33. The molecule has 2 heterocycles. The van der Waals surface area contributed by atoms with Crippen molar-refractivity contribution in [3.8, 4) is 11.5 Å². The lowest BCUT2D eigenvalue weighted by Gasteiger charge is -2.22. The monoisotopic (exact) mass is 366 g/mol. The van der Waals surface area contributed by atoms with Gasteiger partial charge in [-0.2, -0.15) is 0 Å². The number of hydrogen-bond donors (Lipinski definition) is 1. The Labute approximate surface area is 158 Å². The van der Waals surface area contributed by atoms with Crippen LogP contribution in [0.1, 0.15) is 23.1 Å². The third-order valence-electron chi connectivity index (χ3n) is 5.04. The topological polar surface area (TPSA) is 67.9 Å². The minimum absolute atomic E-state index is 0.0177. The number of anilines is 2. The molecular weight excluding hydrogens is 344 g/mol. The van der Waals surface area contributed by atoms with Gasteiger partial charge in [0.2, 0.25) is 18.6 Å². The van der Waals surface area contributed by atoms with Gasteiger partial charge in [-0.1, -0.05) is 17.7 Å². The van der Waals surface area contributed by atoms with E-state index in [0.29, 0.717) is 23.7 Å². The largest absolute Gasteiger partial charge is 0.454 e. The van der Waals surface area contributed by atoms with Crippen molar-refractivity contribution in [2.45, 2.75) is 27.2 Å². The lowest BCUT2D eigenvalue weighted by Crippen LogP contribution is -2.29. The SMILES string of the molecule is Cc1cc(C)c(N2CC(C(=O)Nc3ccc4c(c3)OCO4)CC2=O)c(C)c1. The molecule has 140 valence electrons. The average molecular weight is 366 g/mol. The van der Waals surface area contributed by atoms with Crippen molar-refractivity contribution in [3.63, 3.8) is 0 Å². The van der Waals surface area contributed by atoms with Crippen molar-refractivity contribution in [2.24, 2.45) is 5.92 Å². The summed E-state index contributed by atoms with van der Waals surface area (Å²) in [6.45, 7) is 6.62. The van der Waals surface area contributed by atoms with E-state index in [0.717, 1.165) is 22.4 Å². The zero-order valence-corrected chi connectivity index (χ0v) is 15.7. The van der Waals surface area contributed by atoms with E-state index in [1.807, 2.05) is 20.8 Å². The first-order valence-electron chi connectivity index (χ1n) is 9.01. The maximum absolute atomic E-state index is 12.7. The molecule has 0 radical (unpaired) electrons. The van der Waals surface area contributed by atoms with Crippen molar-refractivity contribution in [1.82, 2.24) is 0 Å². The summed E-state index contributed by atoms with van der Waals surface area (Å²) >= 11 is 0. The Morgan fingerprint density at radius 2 is 1.78 bits per heavy atom. The maximum Gasteiger partial charge on any atom is 0.231 e. The highest BCUT2D eigenvalue weighted by molar-refractivity contribution is 6.04. The van der Waals surface area contributed by atoms with Crippen molar-refractivity contribution >= 4 is 23.2 Å². The van der Waals surface area contributed by atoms with Gasteiger partial charge in [0, 0.05) is 30.4 Å². The number of aryl methyl sites for hydroxylation is 3. The second-order valence-electron chi connectivity index (χ2n) is 7.21. The number of fused-ring (bicyclic) bond motifs is 1. The summed E-state index contributed by atoms with van der Waals surface area (Å²) in [5, 5.41) is 2.89. The third-order valence-corrected chi connectivity index (χ3v) is 5.04. The van der Waals surface area contributed by atoms with Crippen LogP contribution in [0.2, 0.25) is 0 Å². The zero-order valence-electron chi connectivity index (χ0n) is 15.7. The molecule has 1 atom stereocenters. The van der Waals surface area contributed by atoms with Crippen molar-refractivity contribution in [2.75, 3.05) is 23.6 Å². The van der Waals surface area contributed by atoms with Gasteiger partial charge in [0.15, 0.2) is 11.5 Å². The number of ether oxygens (including phenoxy) is 2. The van der Waals surface area contributed by atoms with Crippen LogP contribution in [0.25, 0.3) is 0 Å². The first-order chi connectivity index (χ1) is 12.9. The summed E-state index contributed by atoms with van der Waals surface area (Å²) in [7, 11) is 0. The van der Waals surface area contributed by atoms with E-state index in [-0.39, 0.29) is 30.9 Å². The number of amides is 2. The van der Waals surface area contributed by atoms with E-state index < -0.39 is 0 Å². The number of carbonyl (C=O) groups is 2. The molecule has 2 aliphatic rings. The number of nitrogens with one attached hydrogen (secondary N) is 1. The van der Waals surface area contributed by atoms with Gasteiger partial charge in [0.25, 0.3) is 0 Å². The van der Waals surface area contributed by atoms with Crippen molar-refractivity contribution in [3.05, 3.63) is 47.0 Å². The lowest BCUT2D eigenvalue weighted by molar-refractivity contribution is -0.122. The van der Waals surface area contributed by atoms with Crippen LogP contribution in [0.15, 0.2) is 30.3 Å². The number of carbonyl (C=O) groups excluding carboxylic acids is 2. The number of nitrogens with zero attached hydrogens (tertiary/aromatic N) is 1. The second kappa shape index (κ2) is 6.61. The molecule has 0 bridgehead atoms. The highest BCUT2D eigenvalue weighted by Crippen LogP contribution is 2.35. The summed E-state index contributed by atoms with van der Waals surface area (Å²) in [5.74, 6) is 0.717. The highest BCUT2D eigenvalue weighted by atomic mass is 16.7. The highest BCUT2D eigenvalue weighted by Gasteiger charge is 2.36. The molecule has 0 aromatic heterocycles. The maximum atomic E-state index is 12.7. The summed E-state index contributed by atoms with van der Waals surface area (Å²) in [5.41, 5.74) is 4.83. The Morgan fingerprint density at radius 1 is 1.07 bits per heavy atom. The van der Waals surface area contributed by atoms with E-state index >= 15 is 0 Å². The molecule has 2 amide bonds. The standard InChI is InChI=1S/C21H22N2O4/c1-12-6-13(2)20(14(3)7-12)23-10-15(8-19(23)24)21(25)22-16-4-5-17-18(9-16)27-11-26-17/h4-7,9,15H,8,10-11H2,1-3H3,(H,22,25).